The van der Waals surface area contributed by atoms with E-state index in [1.54, 1.807) is 0 Å². The molecule has 1 unspecified atom stereocenters. The number of thioether (sulfide) groups is 1. The Labute approximate surface area is 109 Å². The lowest BCUT2D eigenvalue weighted by Crippen LogP contribution is -2.14. The molecule has 1 aromatic heterocycles. The minimum absolute atomic E-state index is 0.159. The van der Waals surface area contributed by atoms with E-state index in [1.165, 1.54) is 30.7 Å². The zero-order valence-corrected chi connectivity index (χ0v) is 10.7. The van der Waals surface area contributed by atoms with Crippen LogP contribution < -0.4 is 5.32 Å². The molecular formula is C11H13ClN2O2S. The number of aromatic carboxylic acids is 1. The Bertz CT molecular complexity index is 422. The van der Waals surface area contributed by atoms with Gasteiger partial charge in [0.1, 0.15) is 11.0 Å². The Balaban J connectivity index is 2.01. The quantitative estimate of drug-likeness (QED) is 0.825. The fourth-order valence-corrected chi connectivity index (χ4v) is 3.14. The maximum atomic E-state index is 10.8. The molecule has 6 heteroatoms. The first-order valence-electron chi connectivity index (χ1n) is 5.41. The Morgan fingerprint density at radius 1 is 1.65 bits per heavy atom. The van der Waals surface area contributed by atoms with Gasteiger partial charge in [0.2, 0.25) is 0 Å². The van der Waals surface area contributed by atoms with Crippen molar-refractivity contribution in [1.29, 1.82) is 0 Å². The Kier molecular flexibility index (Phi) is 4.12. The monoisotopic (exact) mass is 272 g/mol. The number of pyridine rings is 1. The van der Waals surface area contributed by atoms with Gasteiger partial charge in [0.25, 0.3) is 0 Å². The minimum atomic E-state index is -0.993. The van der Waals surface area contributed by atoms with Crippen LogP contribution in [0.3, 0.4) is 0 Å². The van der Waals surface area contributed by atoms with Gasteiger partial charge in [0.15, 0.2) is 0 Å². The van der Waals surface area contributed by atoms with Crippen LogP contribution in [0.15, 0.2) is 12.1 Å². The minimum Gasteiger partial charge on any atom is -0.478 e. The highest BCUT2D eigenvalue weighted by molar-refractivity contribution is 8.00. The highest BCUT2D eigenvalue weighted by Crippen LogP contribution is 2.26. The summed E-state index contributed by atoms with van der Waals surface area (Å²) in [6.07, 6.45) is 2.45. The van der Waals surface area contributed by atoms with E-state index in [2.05, 4.69) is 10.3 Å². The first kappa shape index (κ1) is 12.5. The maximum Gasteiger partial charge on any atom is 0.335 e. The van der Waals surface area contributed by atoms with Gasteiger partial charge in [-0.3, -0.25) is 0 Å². The summed E-state index contributed by atoms with van der Waals surface area (Å²) in [5.41, 5.74) is 0.159. The maximum absolute atomic E-state index is 10.8. The Hall–Kier alpha value is -0.940. The van der Waals surface area contributed by atoms with E-state index in [0.717, 1.165) is 6.54 Å². The van der Waals surface area contributed by atoms with E-state index in [1.807, 2.05) is 11.8 Å². The molecule has 2 heterocycles. The van der Waals surface area contributed by atoms with Gasteiger partial charge in [-0.2, -0.15) is 11.8 Å². The number of nitrogens with one attached hydrogen (secondary N) is 1. The first-order chi connectivity index (χ1) is 8.15. The van der Waals surface area contributed by atoms with Crippen LogP contribution in [0, 0.1) is 0 Å². The third kappa shape index (κ3) is 3.51. The van der Waals surface area contributed by atoms with Gasteiger partial charge in [-0.15, -0.1) is 0 Å². The van der Waals surface area contributed by atoms with Gasteiger partial charge in [0.05, 0.1) is 5.56 Å². The summed E-state index contributed by atoms with van der Waals surface area (Å²) in [5, 5.41) is 12.8. The fourth-order valence-electron chi connectivity index (χ4n) is 1.73. The van der Waals surface area contributed by atoms with Crippen molar-refractivity contribution < 1.29 is 9.90 Å². The van der Waals surface area contributed by atoms with Crippen molar-refractivity contribution in [2.24, 2.45) is 0 Å². The number of nitrogens with zero attached hydrogens (tertiary/aromatic N) is 1. The summed E-state index contributed by atoms with van der Waals surface area (Å²) in [6.45, 7) is 0.803. The summed E-state index contributed by atoms with van der Waals surface area (Å²) < 4.78 is 0. The zero-order chi connectivity index (χ0) is 12.3. The first-order valence-corrected chi connectivity index (χ1v) is 6.84. The lowest BCUT2D eigenvalue weighted by molar-refractivity contribution is 0.0697. The van der Waals surface area contributed by atoms with Gasteiger partial charge >= 0.3 is 5.97 Å². The van der Waals surface area contributed by atoms with E-state index in [-0.39, 0.29) is 10.7 Å². The van der Waals surface area contributed by atoms with Crippen LogP contribution in [0.2, 0.25) is 5.15 Å². The Morgan fingerprint density at radius 2 is 2.47 bits per heavy atom. The fraction of sp³-hybridized carbons (Fsp3) is 0.455. The second-order valence-electron chi connectivity index (χ2n) is 3.88. The molecule has 0 amide bonds. The standard InChI is InChI=1S/C11H13ClN2O2S/c12-9-4-7(11(15)16)5-10(14-9)13-6-8-2-1-3-17-8/h4-5,8H,1-3,6H2,(H,13,14)(H,15,16). The molecule has 0 aliphatic carbocycles. The van der Waals surface area contributed by atoms with E-state index in [9.17, 15) is 4.79 Å². The van der Waals surface area contributed by atoms with E-state index < -0.39 is 5.97 Å². The average molecular weight is 273 g/mol. The number of anilines is 1. The summed E-state index contributed by atoms with van der Waals surface area (Å²) >= 11 is 7.71. The van der Waals surface area contributed by atoms with Crippen LogP contribution in [-0.4, -0.2) is 33.6 Å². The van der Waals surface area contributed by atoms with Crippen molar-refractivity contribution in [1.82, 2.24) is 4.98 Å². The molecular weight excluding hydrogens is 260 g/mol. The lowest BCUT2D eigenvalue weighted by Gasteiger charge is -2.11. The van der Waals surface area contributed by atoms with Crippen LogP contribution >= 0.6 is 23.4 Å². The molecule has 0 saturated carbocycles. The van der Waals surface area contributed by atoms with Crippen molar-refractivity contribution in [3.8, 4) is 0 Å². The zero-order valence-electron chi connectivity index (χ0n) is 9.15. The van der Waals surface area contributed by atoms with E-state index in [4.69, 9.17) is 16.7 Å². The molecule has 92 valence electrons. The average Bonchev–Trinajstić information content (AvgIpc) is 2.78. The predicted octanol–water partition coefficient (Wildman–Crippen LogP) is 2.74. The number of halogens is 1. The summed E-state index contributed by atoms with van der Waals surface area (Å²) in [5.74, 6) is 0.741. The molecule has 0 bridgehead atoms. The summed E-state index contributed by atoms with van der Waals surface area (Å²) in [7, 11) is 0. The van der Waals surface area contributed by atoms with Crippen molar-refractivity contribution in [3.05, 3.63) is 22.8 Å². The molecule has 1 atom stereocenters. The second-order valence-corrected chi connectivity index (χ2v) is 5.68. The van der Waals surface area contributed by atoms with E-state index >= 15 is 0 Å². The number of carbonyl (C=O) groups is 1. The summed E-state index contributed by atoms with van der Waals surface area (Å²) in [6, 6.07) is 2.85. The molecule has 0 aromatic carbocycles. The van der Waals surface area contributed by atoms with Crippen LogP contribution in [0.5, 0.6) is 0 Å². The number of carboxylic acids is 1. The van der Waals surface area contributed by atoms with Gasteiger partial charge in [-0.1, -0.05) is 11.6 Å². The summed E-state index contributed by atoms with van der Waals surface area (Å²) in [4.78, 5) is 14.9. The normalized spacial score (nSPS) is 19.2. The molecule has 1 aromatic rings. The molecule has 1 saturated heterocycles. The predicted molar refractivity (Wildman–Crippen MR) is 70.2 cm³/mol. The van der Waals surface area contributed by atoms with Crippen LogP contribution in [0.4, 0.5) is 5.82 Å². The van der Waals surface area contributed by atoms with Crippen LogP contribution in [-0.2, 0) is 0 Å². The number of hydrogen-bond acceptors (Lipinski definition) is 4. The second kappa shape index (κ2) is 5.60. The SMILES string of the molecule is O=C(O)c1cc(Cl)nc(NCC2CCCS2)c1. The highest BCUT2D eigenvalue weighted by Gasteiger charge is 2.15. The number of hydrogen-bond donors (Lipinski definition) is 2. The van der Waals surface area contributed by atoms with Crippen molar-refractivity contribution >= 4 is 35.1 Å². The van der Waals surface area contributed by atoms with E-state index in [0.29, 0.717) is 11.1 Å². The molecule has 1 aliphatic heterocycles. The molecule has 0 radical (unpaired) electrons. The third-order valence-corrected chi connectivity index (χ3v) is 4.17. The number of aromatic nitrogens is 1. The molecule has 4 nitrogen and oxygen atoms in total. The van der Waals surface area contributed by atoms with Crippen molar-refractivity contribution in [2.75, 3.05) is 17.6 Å². The third-order valence-electron chi connectivity index (χ3n) is 2.58. The van der Waals surface area contributed by atoms with Gasteiger partial charge in [0, 0.05) is 11.8 Å². The Morgan fingerprint density at radius 3 is 3.12 bits per heavy atom. The van der Waals surface area contributed by atoms with Crippen LogP contribution in [0.25, 0.3) is 0 Å². The molecule has 2 rings (SSSR count). The smallest absolute Gasteiger partial charge is 0.335 e. The molecule has 0 spiro atoms. The van der Waals surface area contributed by atoms with Gasteiger partial charge in [-0.05, 0) is 30.7 Å². The molecule has 17 heavy (non-hydrogen) atoms. The number of rotatable bonds is 4. The van der Waals surface area contributed by atoms with Crippen molar-refractivity contribution in [3.63, 3.8) is 0 Å². The molecule has 1 aliphatic rings. The molecule has 2 N–H and O–H groups in total. The van der Waals surface area contributed by atoms with Crippen molar-refractivity contribution in [2.45, 2.75) is 18.1 Å². The van der Waals surface area contributed by atoms with Gasteiger partial charge < -0.3 is 10.4 Å². The van der Waals surface area contributed by atoms with Gasteiger partial charge in [-0.25, -0.2) is 9.78 Å². The molecule has 1 fully saturated rings. The topological polar surface area (TPSA) is 62.2 Å². The lowest BCUT2D eigenvalue weighted by atomic mass is 10.2. The van der Waals surface area contributed by atoms with Crippen LogP contribution in [0.1, 0.15) is 23.2 Å². The number of carboxylic acid groups (broad SMARTS) is 1. The highest BCUT2D eigenvalue weighted by atomic mass is 35.5. The largest absolute Gasteiger partial charge is 0.478 e.